The highest BCUT2D eigenvalue weighted by atomic mass is 16.6. The van der Waals surface area contributed by atoms with Gasteiger partial charge in [0.25, 0.3) is 0 Å². The second kappa shape index (κ2) is 7.34. The van der Waals surface area contributed by atoms with Crippen molar-refractivity contribution in [2.75, 3.05) is 19.6 Å². The number of ether oxygens (including phenoxy) is 1. The van der Waals surface area contributed by atoms with E-state index in [1.54, 1.807) is 4.90 Å². The van der Waals surface area contributed by atoms with Crippen molar-refractivity contribution in [3.63, 3.8) is 0 Å². The lowest BCUT2D eigenvalue weighted by Crippen LogP contribution is -2.38. The molecule has 6 nitrogen and oxygen atoms in total. The number of carbonyl (C=O) groups is 1. The number of rotatable bonds is 5. The van der Waals surface area contributed by atoms with Crippen molar-refractivity contribution >= 4 is 6.09 Å². The molecule has 1 aromatic rings. The van der Waals surface area contributed by atoms with Gasteiger partial charge in [-0.05, 0) is 60.1 Å². The number of likely N-dealkylation sites (tertiary alicyclic amines) is 1. The first-order valence-electron chi connectivity index (χ1n) is 8.47. The topological polar surface area (TPSA) is 59.4 Å². The largest absolute Gasteiger partial charge is 0.444 e. The van der Waals surface area contributed by atoms with Gasteiger partial charge in [0.15, 0.2) is 0 Å². The third kappa shape index (κ3) is 5.53. The first kappa shape index (κ1) is 17.8. The van der Waals surface area contributed by atoms with Crippen molar-refractivity contribution in [3.8, 4) is 0 Å². The summed E-state index contributed by atoms with van der Waals surface area (Å²) in [6, 6.07) is 2.46. The Bertz CT molecular complexity index is 533. The van der Waals surface area contributed by atoms with Crippen LogP contribution in [0.2, 0.25) is 0 Å². The third-order valence-corrected chi connectivity index (χ3v) is 3.92. The molecule has 23 heavy (non-hydrogen) atoms. The maximum absolute atomic E-state index is 12.0. The summed E-state index contributed by atoms with van der Waals surface area (Å²) in [5.74, 6) is 0. The Balaban J connectivity index is 1.66. The van der Waals surface area contributed by atoms with E-state index in [-0.39, 0.29) is 6.09 Å². The molecule has 2 rings (SSSR count). The minimum atomic E-state index is -0.428. The van der Waals surface area contributed by atoms with E-state index in [1.165, 1.54) is 5.69 Å². The smallest absolute Gasteiger partial charge is 0.410 e. The molecule has 0 spiro atoms. The summed E-state index contributed by atoms with van der Waals surface area (Å²) in [6.45, 7) is 13.2. The Kier molecular flexibility index (Phi) is 5.68. The van der Waals surface area contributed by atoms with Crippen LogP contribution in [-0.2, 0) is 11.3 Å². The molecule has 1 saturated heterocycles. The number of nitrogens with one attached hydrogen (secondary N) is 1. The molecule has 2 heterocycles. The lowest BCUT2D eigenvalue weighted by atomic mass is 10.2. The van der Waals surface area contributed by atoms with Gasteiger partial charge in [-0.2, -0.15) is 5.10 Å². The highest BCUT2D eigenvalue weighted by Gasteiger charge is 2.29. The molecular weight excluding hydrogens is 292 g/mol. The maximum Gasteiger partial charge on any atom is 0.410 e. The van der Waals surface area contributed by atoms with Crippen molar-refractivity contribution in [1.29, 1.82) is 0 Å². The first-order valence-corrected chi connectivity index (χ1v) is 8.47. The van der Waals surface area contributed by atoms with Gasteiger partial charge in [-0.3, -0.25) is 4.68 Å². The summed E-state index contributed by atoms with van der Waals surface area (Å²) in [5.41, 5.74) is 1.85. The zero-order chi connectivity index (χ0) is 17.0. The Labute approximate surface area is 139 Å². The monoisotopic (exact) mass is 322 g/mol. The fourth-order valence-corrected chi connectivity index (χ4v) is 2.86. The molecule has 1 N–H and O–H groups in total. The summed E-state index contributed by atoms with van der Waals surface area (Å²) in [6.07, 6.45) is 1.81. The van der Waals surface area contributed by atoms with E-state index in [1.807, 2.05) is 27.7 Å². The van der Waals surface area contributed by atoms with Crippen LogP contribution in [0, 0.1) is 13.8 Å². The highest BCUT2D eigenvalue weighted by molar-refractivity contribution is 5.68. The molecule has 0 saturated carbocycles. The van der Waals surface area contributed by atoms with Crippen LogP contribution in [0.5, 0.6) is 0 Å². The molecule has 1 amide bonds. The zero-order valence-corrected chi connectivity index (χ0v) is 15.1. The number of hydrogen-bond acceptors (Lipinski definition) is 4. The fourth-order valence-electron chi connectivity index (χ4n) is 2.86. The number of amides is 1. The van der Waals surface area contributed by atoms with Gasteiger partial charge in [0.1, 0.15) is 5.60 Å². The second-order valence-electron chi connectivity index (χ2n) is 7.37. The van der Waals surface area contributed by atoms with Gasteiger partial charge in [-0.25, -0.2) is 4.79 Å². The van der Waals surface area contributed by atoms with Gasteiger partial charge in [0.05, 0.1) is 5.69 Å². The molecule has 0 radical (unpaired) electrons. The second-order valence-corrected chi connectivity index (χ2v) is 7.37. The molecule has 1 aliphatic heterocycles. The van der Waals surface area contributed by atoms with E-state index in [0.29, 0.717) is 6.04 Å². The van der Waals surface area contributed by atoms with E-state index in [2.05, 4.69) is 28.1 Å². The van der Waals surface area contributed by atoms with E-state index < -0.39 is 5.60 Å². The van der Waals surface area contributed by atoms with Crippen LogP contribution < -0.4 is 5.32 Å². The van der Waals surface area contributed by atoms with Crippen LogP contribution >= 0.6 is 0 Å². The van der Waals surface area contributed by atoms with E-state index in [4.69, 9.17) is 4.74 Å². The lowest BCUT2D eigenvalue weighted by molar-refractivity contribution is 0.0291. The highest BCUT2D eigenvalue weighted by Crippen LogP contribution is 2.15. The standard InChI is InChI=1S/C17H30N4O2/c1-13-11-14(2)21(19-13)9-6-8-18-15-7-10-20(12-15)16(22)23-17(3,4)5/h11,15,18H,6-10,12H2,1-5H3. The van der Waals surface area contributed by atoms with Gasteiger partial charge >= 0.3 is 6.09 Å². The predicted octanol–water partition coefficient (Wildman–Crippen LogP) is 2.49. The van der Waals surface area contributed by atoms with Crippen LogP contribution in [0.1, 0.15) is 45.0 Å². The van der Waals surface area contributed by atoms with Gasteiger partial charge in [0.2, 0.25) is 0 Å². The number of hydrogen-bond donors (Lipinski definition) is 1. The molecule has 130 valence electrons. The van der Waals surface area contributed by atoms with Crippen LogP contribution in [0.3, 0.4) is 0 Å². The van der Waals surface area contributed by atoms with Gasteiger partial charge in [-0.1, -0.05) is 0 Å². The van der Waals surface area contributed by atoms with Crippen molar-refractivity contribution in [2.45, 2.75) is 65.6 Å². The summed E-state index contributed by atoms with van der Waals surface area (Å²) in [5, 5.41) is 8.00. The maximum atomic E-state index is 12.0. The molecule has 1 fully saturated rings. The molecule has 0 aliphatic carbocycles. The minimum absolute atomic E-state index is 0.204. The Morgan fingerprint density at radius 2 is 2.17 bits per heavy atom. The van der Waals surface area contributed by atoms with Crippen LogP contribution in [0.15, 0.2) is 6.07 Å². The SMILES string of the molecule is Cc1cc(C)n(CCCNC2CCN(C(=O)OC(C)(C)C)C2)n1. The van der Waals surface area contributed by atoms with Crippen molar-refractivity contribution in [3.05, 3.63) is 17.5 Å². The summed E-state index contributed by atoms with van der Waals surface area (Å²) in [7, 11) is 0. The van der Waals surface area contributed by atoms with Crippen LogP contribution in [0.4, 0.5) is 4.79 Å². The predicted molar refractivity (Wildman–Crippen MR) is 90.5 cm³/mol. The van der Waals surface area contributed by atoms with Crippen molar-refractivity contribution < 1.29 is 9.53 Å². The Morgan fingerprint density at radius 3 is 2.78 bits per heavy atom. The van der Waals surface area contributed by atoms with Gasteiger partial charge in [0, 0.05) is 31.4 Å². The molecular formula is C17H30N4O2. The normalized spacial score (nSPS) is 18.5. The summed E-state index contributed by atoms with van der Waals surface area (Å²) in [4.78, 5) is 13.8. The van der Waals surface area contributed by atoms with Crippen LogP contribution in [-0.4, -0.2) is 52.1 Å². The molecule has 1 aliphatic rings. The molecule has 1 atom stereocenters. The lowest BCUT2D eigenvalue weighted by Gasteiger charge is -2.24. The average Bonchev–Trinajstić information content (AvgIpc) is 3.00. The molecule has 0 aromatic carbocycles. The third-order valence-electron chi connectivity index (χ3n) is 3.92. The number of aryl methyl sites for hydroxylation is 3. The number of nitrogens with zero attached hydrogens (tertiary/aromatic N) is 3. The van der Waals surface area contributed by atoms with Gasteiger partial charge < -0.3 is 15.0 Å². The molecule has 0 bridgehead atoms. The quantitative estimate of drug-likeness (QED) is 0.846. The zero-order valence-electron chi connectivity index (χ0n) is 15.1. The number of carbonyl (C=O) groups excluding carboxylic acids is 1. The fraction of sp³-hybridized carbons (Fsp3) is 0.765. The van der Waals surface area contributed by atoms with E-state index >= 15 is 0 Å². The van der Waals surface area contributed by atoms with Crippen LogP contribution in [0.25, 0.3) is 0 Å². The van der Waals surface area contributed by atoms with Crippen molar-refractivity contribution in [2.24, 2.45) is 0 Å². The molecule has 1 aromatic heterocycles. The van der Waals surface area contributed by atoms with Gasteiger partial charge in [-0.15, -0.1) is 0 Å². The number of aromatic nitrogens is 2. The first-order chi connectivity index (χ1) is 10.7. The Hall–Kier alpha value is -1.56. The van der Waals surface area contributed by atoms with E-state index in [9.17, 15) is 4.79 Å². The summed E-state index contributed by atoms with van der Waals surface area (Å²) < 4.78 is 7.47. The minimum Gasteiger partial charge on any atom is -0.444 e. The average molecular weight is 322 g/mol. The molecule has 1 unspecified atom stereocenters. The Morgan fingerprint density at radius 1 is 1.43 bits per heavy atom. The summed E-state index contributed by atoms with van der Waals surface area (Å²) >= 11 is 0. The molecule has 6 heteroatoms. The van der Waals surface area contributed by atoms with E-state index in [0.717, 1.165) is 44.7 Å². The van der Waals surface area contributed by atoms with Crippen molar-refractivity contribution in [1.82, 2.24) is 20.0 Å².